The van der Waals surface area contributed by atoms with Crippen LogP contribution in [0.4, 0.5) is 5.69 Å². The van der Waals surface area contributed by atoms with Gasteiger partial charge in [-0.05, 0) is 17.7 Å². The van der Waals surface area contributed by atoms with Gasteiger partial charge in [0.1, 0.15) is 0 Å². The number of carboxylic acids is 1. The number of carboxylic acid groups (broad SMARTS) is 1. The SMILES string of the molecule is CC(=O)C(=O)Nc1ccc(CC(N=NN)C(=O)O)cc1. The molecule has 0 aliphatic rings. The highest BCUT2D eigenvalue weighted by atomic mass is 16.4. The number of rotatable bonds is 6. The molecule has 0 spiro atoms. The van der Waals surface area contributed by atoms with Crippen molar-refractivity contribution in [2.24, 2.45) is 16.2 Å². The second-order valence-corrected chi connectivity index (χ2v) is 4.00. The van der Waals surface area contributed by atoms with Gasteiger partial charge >= 0.3 is 5.97 Å². The number of hydrogen-bond acceptors (Lipinski definition) is 5. The molecule has 106 valence electrons. The summed E-state index contributed by atoms with van der Waals surface area (Å²) in [5.74, 6) is 2.41. The molecule has 0 saturated heterocycles. The number of nitrogens with one attached hydrogen (secondary N) is 1. The van der Waals surface area contributed by atoms with E-state index in [1.54, 1.807) is 24.3 Å². The molecule has 1 amide bonds. The number of nitrogens with two attached hydrogens (primary N) is 1. The number of Topliss-reactive ketones (excluding diaryl/α,β-unsaturated/α-hetero) is 1. The van der Waals surface area contributed by atoms with Crippen LogP contribution in [0.3, 0.4) is 0 Å². The van der Waals surface area contributed by atoms with Crippen LogP contribution in [0.1, 0.15) is 12.5 Å². The average Bonchev–Trinajstić information content (AvgIpc) is 2.40. The van der Waals surface area contributed by atoms with Crippen molar-refractivity contribution in [3.63, 3.8) is 0 Å². The maximum Gasteiger partial charge on any atom is 0.330 e. The summed E-state index contributed by atoms with van der Waals surface area (Å²) in [5.41, 5.74) is 1.13. The van der Waals surface area contributed by atoms with Crippen LogP contribution in [0.15, 0.2) is 34.6 Å². The first-order valence-corrected chi connectivity index (χ1v) is 5.67. The number of benzene rings is 1. The molecule has 0 fully saturated rings. The Bertz CT molecular complexity index is 539. The highest BCUT2D eigenvalue weighted by Gasteiger charge is 2.17. The zero-order chi connectivity index (χ0) is 15.1. The average molecular weight is 278 g/mol. The summed E-state index contributed by atoms with van der Waals surface area (Å²) in [6.07, 6.45) is 0.122. The van der Waals surface area contributed by atoms with E-state index in [2.05, 4.69) is 15.7 Å². The summed E-state index contributed by atoms with van der Waals surface area (Å²) in [6, 6.07) is 5.32. The smallest absolute Gasteiger partial charge is 0.330 e. The first-order chi connectivity index (χ1) is 9.43. The van der Waals surface area contributed by atoms with E-state index in [-0.39, 0.29) is 6.42 Å². The molecule has 1 unspecified atom stereocenters. The summed E-state index contributed by atoms with van der Waals surface area (Å²) in [6.45, 7) is 1.17. The first kappa shape index (κ1) is 15.3. The van der Waals surface area contributed by atoms with Gasteiger partial charge in [0.2, 0.25) is 5.78 Å². The summed E-state index contributed by atoms with van der Waals surface area (Å²) < 4.78 is 0. The molecule has 8 heteroatoms. The zero-order valence-corrected chi connectivity index (χ0v) is 10.7. The van der Waals surface area contributed by atoms with Gasteiger partial charge in [-0.1, -0.05) is 17.4 Å². The monoisotopic (exact) mass is 278 g/mol. The Labute approximate surface area is 114 Å². The number of amides is 1. The van der Waals surface area contributed by atoms with E-state index in [0.717, 1.165) is 0 Å². The minimum absolute atomic E-state index is 0.122. The minimum Gasteiger partial charge on any atom is -0.480 e. The number of aliphatic carboxylic acids is 1. The summed E-state index contributed by atoms with van der Waals surface area (Å²) in [4.78, 5) is 32.8. The normalized spacial score (nSPS) is 12.1. The molecule has 1 aromatic carbocycles. The van der Waals surface area contributed by atoms with Gasteiger partial charge in [-0.25, -0.2) is 4.79 Å². The predicted octanol–water partition coefficient (Wildman–Crippen LogP) is 0.536. The van der Waals surface area contributed by atoms with E-state index in [0.29, 0.717) is 11.3 Å². The van der Waals surface area contributed by atoms with Crippen molar-refractivity contribution in [3.8, 4) is 0 Å². The van der Waals surface area contributed by atoms with Crippen LogP contribution in [-0.2, 0) is 20.8 Å². The molecule has 1 rings (SSSR count). The molecule has 0 heterocycles. The summed E-state index contributed by atoms with van der Waals surface area (Å²) in [5, 5.41) is 17.7. The van der Waals surface area contributed by atoms with Gasteiger partial charge in [-0.15, -0.1) is 0 Å². The molecular formula is C12H14N4O4. The van der Waals surface area contributed by atoms with Gasteiger partial charge in [0.25, 0.3) is 5.91 Å². The third kappa shape index (κ3) is 4.48. The molecule has 0 aliphatic heterocycles. The Kier molecular flexibility index (Phi) is 5.33. The summed E-state index contributed by atoms with van der Waals surface area (Å²) >= 11 is 0. The number of carbonyl (C=O) groups is 3. The van der Waals surface area contributed by atoms with Crippen molar-refractivity contribution in [1.29, 1.82) is 0 Å². The van der Waals surface area contributed by atoms with Crippen molar-refractivity contribution in [2.45, 2.75) is 19.4 Å². The van der Waals surface area contributed by atoms with Gasteiger partial charge in [0.05, 0.1) is 0 Å². The topological polar surface area (TPSA) is 134 Å². The molecule has 1 aromatic rings. The van der Waals surface area contributed by atoms with E-state index in [9.17, 15) is 14.4 Å². The molecule has 8 nitrogen and oxygen atoms in total. The largest absolute Gasteiger partial charge is 0.480 e. The Morgan fingerprint density at radius 1 is 1.30 bits per heavy atom. The highest BCUT2D eigenvalue weighted by Crippen LogP contribution is 2.12. The second-order valence-electron chi connectivity index (χ2n) is 4.00. The fraction of sp³-hybridized carbons (Fsp3) is 0.250. The molecule has 4 N–H and O–H groups in total. The van der Waals surface area contributed by atoms with Crippen LogP contribution in [0.2, 0.25) is 0 Å². The van der Waals surface area contributed by atoms with E-state index < -0.39 is 23.7 Å². The van der Waals surface area contributed by atoms with Gasteiger partial charge in [-0.3, -0.25) is 9.59 Å². The standard InChI is InChI=1S/C12H14N4O4/c1-7(17)11(18)14-9-4-2-8(3-5-9)6-10(12(19)20)15-16-13/h2-5,10H,6H2,1H3,(H2,13,15)(H,14,18)(H,19,20). The van der Waals surface area contributed by atoms with Crippen LogP contribution >= 0.6 is 0 Å². The maximum absolute atomic E-state index is 11.2. The van der Waals surface area contributed by atoms with Crippen LogP contribution < -0.4 is 11.2 Å². The van der Waals surface area contributed by atoms with Gasteiger partial charge in [0.15, 0.2) is 6.04 Å². The van der Waals surface area contributed by atoms with Crippen LogP contribution in [0.5, 0.6) is 0 Å². The quantitative estimate of drug-likeness (QED) is 0.302. The first-order valence-electron chi connectivity index (χ1n) is 5.67. The van der Waals surface area contributed by atoms with E-state index in [1.165, 1.54) is 6.92 Å². The van der Waals surface area contributed by atoms with E-state index >= 15 is 0 Å². The lowest BCUT2D eigenvalue weighted by molar-refractivity contribution is -0.138. The predicted molar refractivity (Wildman–Crippen MR) is 69.9 cm³/mol. The zero-order valence-electron chi connectivity index (χ0n) is 10.7. The Balaban J connectivity index is 2.73. The van der Waals surface area contributed by atoms with Crippen molar-refractivity contribution in [2.75, 3.05) is 5.32 Å². The molecule has 1 atom stereocenters. The highest BCUT2D eigenvalue weighted by molar-refractivity contribution is 6.39. The van der Waals surface area contributed by atoms with E-state index in [1.807, 2.05) is 0 Å². The van der Waals surface area contributed by atoms with Gasteiger partial charge in [-0.2, -0.15) is 5.11 Å². The Hall–Kier alpha value is -2.77. The van der Waals surface area contributed by atoms with Crippen molar-refractivity contribution >= 4 is 23.3 Å². The van der Waals surface area contributed by atoms with Crippen LogP contribution in [0, 0.1) is 0 Å². The lowest BCUT2D eigenvalue weighted by Crippen LogP contribution is -2.21. The van der Waals surface area contributed by atoms with Crippen molar-refractivity contribution in [3.05, 3.63) is 29.8 Å². The van der Waals surface area contributed by atoms with Gasteiger partial charge < -0.3 is 16.3 Å². The Morgan fingerprint density at radius 3 is 2.35 bits per heavy atom. The number of ketones is 1. The van der Waals surface area contributed by atoms with Crippen LogP contribution in [0.25, 0.3) is 0 Å². The number of anilines is 1. The van der Waals surface area contributed by atoms with Crippen LogP contribution in [-0.4, -0.2) is 28.8 Å². The lowest BCUT2D eigenvalue weighted by Gasteiger charge is -2.07. The number of carbonyl (C=O) groups excluding carboxylic acids is 2. The maximum atomic E-state index is 11.2. The second kappa shape index (κ2) is 6.98. The fourth-order valence-electron chi connectivity index (χ4n) is 1.42. The molecule has 0 aromatic heterocycles. The molecule has 0 bridgehead atoms. The van der Waals surface area contributed by atoms with Crippen molar-refractivity contribution < 1.29 is 19.5 Å². The third-order valence-corrected chi connectivity index (χ3v) is 2.45. The summed E-state index contributed by atoms with van der Waals surface area (Å²) in [7, 11) is 0. The number of nitrogens with zero attached hydrogens (tertiary/aromatic N) is 2. The third-order valence-electron chi connectivity index (χ3n) is 2.45. The molecule has 20 heavy (non-hydrogen) atoms. The molecule has 0 radical (unpaired) electrons. The lowest BCUT2D eigenvalue weighted by atomic mass is 10.1. The number of hydrogen-bond donors (Lipinski definition) is 3. The molecular weight excluding hydrogens is 264 g/mol. The van der Waals surface area contributed by atoms with Crippen molar-refractivity contribution in [1.82, 2.24) is 0 Å². The van der Waals surface area contributed by atoms with Gasteiger partial charge in [0, 0.05) is 19.0 Å². The Morgan fingerprint density at radius 2 is 1.90 bits per heavy atom. The minimum atomic E-state index is -1.13. The molecule has 0 aliphatic carbocycles. The van der Waals surface area contributed by atoms with E-state index in [4.69, 9.17) is 10.9 Å². The fourth-order valence-corrected chi connectivity index (χ4v) is 1.42. The molecule has 0 saturated carbocycles.